The van der Waals surface area contributed by atoms with Gasteiger partial charge in [0, 0.05) is 8.95 Å². The van der Waals surface area contributed by atoms with E-state index < -0.39 is 0 Å². The van der Waals surface area contributed by atoms with E-state index in [1.807, 2.05) is 6.07 Å². The van der Waals surface area contributed by atoms with E-state index in [0.29, 0.717) is 5.56 Å². The first-order valence-corrected chi connectivity index (χ1v) is 5.62. The summed E-state index contributed by atoms with van der Waals surface area (Å²) in [4.78, 5) is 11.1. The van der Waals surface area contributed by atoms with Crippen LogP contribution in [-0.4, -0.2) is 13.1 Å². The van der Waals surface area contributed by atoms with Crippen molar-refractivity contribution < 1.29 is 9.53 Å². The molecule has 0 bridgehead atoms. The number of esters is 1. The molecule has 0 unspecified atom stereocenters. The number of nitrogens with zero attached hydrogens (tertiary/aromatic N) is 1. The van der Waals surface area contributed by atoms with Gasteiger partial charge in [0.15, 0.2) is 0 Å². The molecular weight excluding hydrogens is 326 g/mol. The molecule has 5 heteroatoms. The summed E-state index contributed by atoms with van der Waals surface area (Å²) in [6, 6.07) is 5.37. The SMILES string of the molecule is COC(=O)Cc1cc(C#N)cc(Br)c1Br. The van der Waals surface area contributed by atoms with E-state index in [1.165, 1.54) is 7.11 Å². The van der Waals surface area contributed by atoms with Crippen molar-refractivity contribution in [1.82, 2.24) is 0 Å². The fourth-order valence-corrected chi connectivity index (χ4v) is 1.94. The molecule has 0 spiro atoms. The maximum absolute atomic E-state index is 11.1. The van der Waals surface area contributed by atoms with E-state index in [9.17, 15) is 4.79 Å². The molecule has 0 fully saturated rings. The first kappa shape index (κ1) is 12.2. The molecule has 0 aliphatic carbocycles. The first-order valence-electron chi connectivity index (χ1n) is 4.03. The van der Waals surface area contributed by atoms with Crippen LogP contribution in [0.2, 0.25) is 0 Å². The minimum Gasteiger partial charge on any atom is -0.469 e. The van der Waals surface area contributed by atoms with E-state index in [-0.39, 0.29) is 12.4 Å². The Bertz CT molecular complexity index is 438. The Morgan fingerprint density at radius 1 is 1.53 bits per heavy atom. The average molecular weight is 333 g/mol. The molecule has 0 N–H and O–H groups in total. The van der Waals surface area contributed by atoms with Crippen LogP contribution < -0.4 is 0 Å². The quantitative estimate of drug-likeness (QED) is 0.782. The summed E-state index contributed by atoms with van der Waals surface area (Å²) in [7, 11) is 1.33. The second-order valence-corrected chi connectivity index (χ2v) is 4.44. The van der Waals surface area contributed by atoms with E-state index >= 15 is 0 Å². The fraction of sp³-hybridized carbons (Fsp3) is 0.200. The second kappa shape index (κ2) is 5.29. The number of carbonyl (C=O) groups is 1. The van der Waals surface area contributed by atoms with Crippen LogP contribution >= 0.6 is 31.9 Å². The molecule has 0 saturated heterocycles. The van der Waals surface area contributed by atoms with Crippen LogP contribution in [0.25, 0.3) is 0 Å². The van der Waals surface area contributed by atoms with Gasteiger partial charge < -0.3 is 4.74 Å². The van der Waals surface area contributed by atoms with Gasteiger partial charge in [-0.3, -0.25) is 4.79 Å². The molecule has 0 heterocycles. The number of carbonyl (C=O) groups excluding carboxylic acids is 1. The Labute approximate surface area is 104 Å². The Kier molecular flexibility index (Phi) is 4.30. The lowest BCUT2D eigenvalue weighted by molar-refractivity contribution is -0.139. The largest absolute Gasteiger partial charge is 0.469 e. The minimum absolute atomic E-state index is 0.144. The molecule has 0 aromatic heterocycles. The van der Waals surface area contributed by atoms with Gasteiger partial charge in [-0.05, 0) is 49.6 Å². The van der Waals surface area contributed by atoms with Crippen molar-refractivity contribution >= 4 is 37.8 Å². The van der Waals surface area contributed by atoms with Gasteiger partial charge in [0.05, 0.1) is 25.2 Å². The highest BCUT2D eigenvalue weighted by molar-refractivity contribution is 9.13. The van der Waals surface area contributed by atoms with Crippen molar-refractivity contribution in [2.75, 3.05) is 7.11 Å². The molecule has 15 heavy (non-hydrogen) atoms. The van der Waals surface area contributed by atoms with Crippen LogP contribution in [0.1, 0.15) is 11.1 Å². The fourth-order valence-electron chi connectivity index (χ4n) is 1.07. The van der Waals surface area contributed by atoms with Crippen LogP contribution in [0, 0.1) is 11.3 Å². The summed E-state index contributed by atoms with van der Waals surface area (Å²) in [6.07, 6.45) is 0.144. The molecule has 0 atom stereocenters. The third-order valence-corrected chi connectivity index (χ3v) is 3.89. The third-order valence-electron chi connectivity index (χ3n) is 1.80. The van der Waals surface area contributed by atoms with Gasteiger partial charge in [0.2, 0.25) is 0 Å². The standard InChI is InChI=1S/C10H7Br2NO2/c1-15-9(14)4-7-2-6(5-13)3-8(11)10(7)12/h2-3H,4H2,1H3. The maximum atomic E-state index is 11.1. The maximum Gasteiger partial charge on any atom is 0.310 e. The zero-order valence-corrected chi connectivity index (χ0v) is 11.1. The van der Waals surface area contributed by atoms with Gasteiger partial charge in [-0.25, -0.2) is 0 Å². The van der Waals surface area contributed by atoms with Crippen molar-refractivity contribution in [3.05, 3.63) is 32.2 Å². The third kappa shape index (κ3) is 3.05. The summed E-state index contributed by atoms with van der Waals surface area (Å²) in [5.74, 6) is -0.335. The Morgan fingerprint density at radius 2 is 2.20 bits per heavy atom. The van der Waals surface area contributed by atoms with Crippen molar-refractivity contribution in [3.8, 4) is 6.07 Å². The van der Waals surface area contributed by atoms with Gasteiger partial charge in [-0.1, -0.05) is 0 Å². The van der Waals surface area contributed by atoms with Crippen molar-refractivity contribution in [2.24, 2.45) is 0 Å². The predicted molar refractivity (Wildman–Crippen MR) is 62.3 cm³/mol. The molecule has 1 aromatic rings. The second-order valence-electron chi connectivity index (χ2n) is 2.80. The van der Waals surface area contributed by atoms with E-state index in [0.717, 1.165) is 14.5 Å². The number of hydrogen-bond acceptors (Lipinski definition) is 3. The lowest BCUT2D eigenvalue weighted by Gasteiger charge is -2.05. The summed E-state index contributed by atoms with van der Waals surface area (Å²) in [5, 5.41) is 8.77. The molecule has 0 amide bonds. The molecular formula is C10H7Br2NO2. The normalized spacial score (nSPS) is 9.47. The predicted octanol–water partition coefficient (Wildman–Crippen LogP) is 2.80. The summed E-state index contributed by atoms with van der Waals surface area (Å²) in [5.41, 5.74) is 1.23. The number of halogens is 2. The number of methoxy groups -OCH3 is 1. The van der Waals surface area contributed by atoms with Crippen molar-refractivity contribution in [3.63, 3.8) is 0 Å². The van der Waals surface area contributed by atoms with Gasteiger partial charge in [0.1, 0.15) is 0 Å². The van der Waals surface area contributed by atoms with Crippen LogP contribution in [0.15, 0.2) is 21.1 Å². The highest BCUT2D eigenvalue weighted by Gasteiger charge is 2.11. The molecule has 1 rings (SSSR count). The number of hydrogen-bond donors (Lipinski definition) is 0. The molecule has 78 valence electrons. The molecule has 1 aromatic carbocycles. The van der Waals surface area contributed by atoms with Crippen molar-refractivity contribution in [2.45, 2.75) is 6.42 Å². The van der Waals surface area contributed by atoms with Gasteiger partial charge in [0.25, 0.3) is 0 Å². The monoisotopic (exact) mass is 331 g/mol. The van der Waals surface area contributed by atoms with Gasteiger partial charge in [-0.15, -0.1) is 0 Å². The molecule has 3 nitrogen and oxygen atoms in total. The van der Waals surface area contributed by atoms with Crippen LogP contribution in [-0.2, 0) is 16.0 Å². The highest BCUT2D eigenvalue weighted by Crippen LogP contribution is 2.28. The van der Waals surface area contributed by atoms with Crippen LogP contribution in [0.3, 0.4) is 0 Å². The van der Waals surface area contributed by atoms with E-state index in [2.05, 4.69) is 36.6 Å². The molecule has 0 saturated carbocycles. The summed E-state index contributed by atoms with van der Waals surface area (Å²) >= 11 is 6.64. The Morgan fingerprint density at radius 3 is 2.73 bits per heavy atom. The van der Waals surface area contributed by atoms with Crippen LogP contribution in [0.4, 0.5) is 0 Å². The smallest absolute Gasteiger partial charge is 0.310 e. The number of benzene rings is 1. The average Bonchev–Trinajstić information content (AvgIpc) is 2.24. The number of rotatable bonds is 2. The lowest BCUT2D eigenvalue weighted by Crippen LogP contribution is -2.05. The number of ether oxygens (including phenoxy) is 1. The van der Waals surface area contributed by atoms with Crippen molar-refractivity contribution in [1.29, 1.82) is 5.26 Å². The number of nitriles is 1. The lowest BCUT2D eigenvalue weighted by atomic mass is 10.1. The first-order chi connectivity index (χ1) is 7.08. The summed E-state index contributed by atoms with van der Waals surface area (Å²) in [6.45, 7) is 0. The summed E-state index contributed by atoms with van der Waals surface area (Å²) < 4.78 is 6.09. The topological polar surface area (TPSA) is 50.1 Å². The zero-order valence-electron chi connectivity index (χ0n) is 7.88. The van der Waals surface area contributed by atoms with E-state index in [1.54, 1.807) is 12.1 Å². The zero-order chi connectivity index (χ0) is 11.4. The molecule has 0 radical (unpaired) electrons. The Balaban J connectivity index is 3.12. The van der Waals surface area contributed by atoms with Gasteiger partial charge in [-0.2, -0.15) is 5.26 Å². The highest BCUT2D eigenvalue weighted by atomic mass is 79.9. The minimum atomic E-state index is -0.335. The Hall–Kier alpha value is -0.860. The van der Waals surface area contributed by atoms with E-state index in [4.69, 9.17) is 5.26 Å². The van der Waals surface area contributed by atoms with Gasteiger partial charge >= 0.3 is 5.97 Å². The van der Waals surface area contributed by atoms with Crippen LogP contribution in [0.5, 0.6) is 0 Å². The molecule has 0 aliphatic rings. The molecule has 0 aliphatic heterocycles.